The number of halogens is 1. The van der Waals surface area contributed by atoms with Crippen molar-refractivity contribution in [2.75, 3.05) is 6.54 Å². The Morgan fingerprint density at radius 2 is 1.96 bits per heavy atom. The first kappa shape index (κ1) is 16.9. The van der Waals surface area contributed by atoms with E-state index in [4.69, 9.17) is 17.0 Å². The molecule has 0 aliphatic rings. The van der Waals surface area contributed by atoms with E-state index in [1.165, 1.54) is 12.1 Å². The molecule has 6 heteroatoms. The first-order valence-electron chi connectivity index (χ1n) is 7.28. The van der Waals surface area contributed by atoms with Gasteiger partial charge >= 0.3 is 0 Å². The van der Waals surface area contributed by atoms with Crippen molar-refractivity contribution in [3.8, 4) is 5.75 Å². The van der Waals surface area contributed by atoms with Crippen molar-refractivity contribution < 1.29 is 14.2 Å². The fraction of sp³-hybridized carbons (Fsp3) is 0.176. The van der Waals surface area contributed by atoms with Crippen LogP contribution in [0.4, 0.5) is 4.39 Å². The summed E-state index contributed by atoms with van der Waals surface area (Å²) in [5.41, 5.74) is 4.64. The van der Waals surface area contributed by atoms with E-state index in [1.807, 2.05) is 31.2 Å². The molecule has 0 radical (unpaired) electrons. The lowest BCUT2D eigenvalue weighted by Crippen LogP contribution is -2.82. The molecule has 0 heterocycles. The highest BCUT2D eigenvalue weighted by atomic mass is 32.1. The third-order valence-electron chi connectivity index (χ3n) is 2.98. The van der Waals surface area contributed by atoms with E-state index < -0.39 is 0 Å². The lowest BCUT2D eigenvalue weighted by Gasteiger charge is -2.08. The van der Waals surface area contributed by atoms with E-state index in [0.717, 1.165) is 23.4 Å². The maximum atomic E-state index is 12.9. The Labute approximate surface area is 140 Å². The quantitative estimate of drug-likeness (QED) is 0.424. The van der Waals surface area contributed by atoms with Crippen molar-refractivity contribution >= 4 is 23.5 Å². The van der Waals surface area contributed by atoms with Gasteiger partial charge in [0.25, 0.3) is 0 Å². The fourth-order valence-corrected chi connectivity index (χ4v) is 2.06. The van der Waals surface area contributed by atoms with Crippen molar-refractivity contribution in [3.63, 3.8) is 0 Å². The van der Waals surface area contributed by atoms with Crippen LogP contribution < -0.4 is 20.6 Å². The predicted octanol–water partition coefficient (Wildman–Crippen LogP) is 1.30. The number of para-hydroxylation sites is 1. The van der Waals surface area contributed by atoms with Crippen LogP contribution in [0.3, 0.4) is 0 Å². The molecular weight excluding hydrogens is 313 g/mol. The number of ether oxygens (including phenoxy) is 1. The maximum Gasteiger partial charge on any atom is 0.223 e. The van der Waals surface area contributed by atoms with Gasteiger partial charge in [0.15, 0.2) is 0 Å². The van der Waals surface area contributed by atoms with Gasteiger partial charge in [0, 0.05) is 6.54 Å². The fourth-order valence-electron chi connectivity index (χ4n) is 1.86. The summed E-state index contributed by atoms with van der Waals surface area (Å²) in [7, 11) is 0. The highest BCUT2D eigenvalue weighted by Crippen LogP contribution is 2.17. The molecule has 0 bridgehead atoms. The molecule has 2 aromatic carbocycles. The van der Waals surface area contributed by atoms with Gasteiger partial charge in [-0.05, 0) is 49.0 Å². The summed E-state index contributed by atoms with van der Waals surface area (Å²) >= 11 is 5.06. The van der Waals surface area contributed by atoms with Gasteiger partial charge < -0.3 is 10.1 Å². The number of benzene rings is 2. The number of rotatable bonds is 6. The number of hydrogen-bond donors (Lipinski definition) is 3. The Hall–Kier alpha value is -2.47. The standard InChI is InChI=1S/C17H18FN3OS/c1-2-19-17(23)21-20-11-14-5-3-4-6-16(14)22-12-13-7-9-15(18)10-8-13/h3-11H,2,12H2,1H3,(H2,19,21,23)/p+1. The molecule has 3 N–H and O–H groups in total. The Kier molecular flexibility index (Phi) is 6.50. The number of hydrazine groups is 1. The second-order valence-corrected chi connectivity index (χ2v) is 5.13. The molecular formula is C17H19FN3OS+. The Morgan fingerprint density at radius 3 is 2.70 bits per heavy atom. The molecule has 0 saturated heterocycles. The zero-order chi connectivity index (χ0) is 16.5. The van der Waals surface area contributed by atoms with Crippen LogP contribution in [0.5, 0.6) is 5.75 Å². The average Bonchev–Trinajstić information content (AvgIpc) is 2.56. The monoisotopic (exact) mass is 332 g/mol. The van der Waals surface area contributed by atoms with Gasteiger partial charge in [0.05, 0.1) is 5.56 Å². The molecule has 4 nitrogen and oxygen atoms in total. The highest BCUT2D eigenvalue weighted by molar-refractivity contribution is 7.80. The van der Waals surface area contributed by atoms with Gasteiger partial charge in [-0.15, -0.1) is 10.5 Å². The van der Waals surface area contributed by atoms with Crippen LogP contribution in [-0.2, 0) is 6.61 Å². The van der Waals surface area contributed by atoms with Gasteiger partial charge in [0.2, 0.25) is 11.3 Å². The molecule has 0 aromatic heterocycles. The smallest absolute Gasteiger partial charge is 0.223 e. The zero-order valence-electron chi connectivity index (χ0n) is 12.8. The molecule has 2 aromatic rings. The maximum absolute atomic E-state index is 12.9. The molecule has 0 amide bonds. The summed E-state index contributed by atoms with van der Waals surface area (Å²) in [6.45, 7) is 3.09. The van der Waals surface area contributed by atoms with E-state index in [-0.39, 0.29) is 5.82 Å². The van der Waals surface area contributed by atoms with E-state index in [0.29, 0.717) is 11.7 Å². The largest absolute Gasteiger partial charge is 0.488 e. The minimum atomic E-state index is -0.255. The van der Waals surface area contributed by atoms with Crippen molar-refractivity contribution in [1.29, 1.82) is 0 Å². The molecule has 0 unspecified atom stereocenters. The molecule has 0 saturated carbocycles. The van der Waals surface area contributed by atoms with Gasteiger partial charge in [-0.1, -0.05) is 24.3 Å². The van der Waals surface area contributed by atoms with E-state index in [1.54, 1.807) is 18.3 Å². The lowest BCUT2D eigenvalue weighted by molar-refractivity contribution is -0.500. The second-order valence-electron chi connectivity index (χ2n) is 4.73. The van der Waals surface area contributed by atoms with Crippen molar-refractivity contribution in [3.05, 3.63) is 65.5 Å². The second kappa shape index (κ2) is 8.85. The van der Waals surface area contributed by atoms with Gasteiger partial charge in [-0.25, -0.2) is 4.39 Å². The SMILES string of the molecule is CCNC(=S)N[NH+]=Cc1ccccc1OCc1ccc(F)cc1. The highest BCUT2D eigenvalue weighted by Gasteiger charge is 2.04. The zero-order valence-corrected chi connectivity index (χ0v) is 13.6. The number of nitrogens with one attached hydrogen (secondary N) is 3. The average molecular weight is 332 g/mol. The van der Waals surface area contributed by atoms with Crippen molar-refractivity contribution in [1.82, 2.24) is 10.7 Å². The van der Waals surface area contributed by atoms with Crippen LogP contribution in [0.15, 0.2) is 48.5 Å². The van der Waals surface area contributed by atoms with Crippen LogP contribution >= 0.6 is 12.2 Å². The molecule has 23 heavy (non-hydrogen) atoms. The Morgan fingerprint density at radius 1 is 1.22 bits per heavy atom. The number of thiocarbonyl (C=S) groups is 1. The molecule has 0 aliphatic carbocycles. The first-order chi connectivity index (χ1) is 11.2. The van der Waals surface area contributed by atoms with Gasteiger partial charge in [0.1, 0.15) is 18.2 Å². The van der Waals surface area contributed by atoms with Crippen LogP contribution in [0.1, 0.15) is 18.1 Å². The Bertz CT molecular complexity index is 674. The summed E-state index contributed by atoms with van der Waals surface area (Å²) in [5.74, 6) is 0.468. The van der Waals surface area contributed by atoms with Gasteiger partial charge in [-0.3, -0.25) is 0 Å². The normalized spacial score (nSPS) is 10.5. The summed E-state index contributed by atoms with van der Waals surface area (Å²) in [6.07, 6.45) is 1.77. The van der Waals surface area contributed by atoms with Gasteiger partial charge in [-0.2, -0.15) is 0 Å². The van der Waals surface area contributed by atoms with Crippen molar-refractivity contribution in [2.45, 2.75) is 13.5 Å². The summed E-state index contributed by atoms with van der Waals surface area (Å²) in [6, 6.07) is 13.9. The molecule has 0 aliphatic heterocycles. The lowest BCUT2D eigenvalue weighted by atomic mass is 10.2. The Balaban J connectivity index is 1.98. The summed E-state index contributed by atoms with van der Waals surface area (Å²) in [5, 5.41) is 6.42. The third-order valence-corrected chi connectivity index (χ3v) is 3.22. The predicted molar refractivity (Wildman–Crippen MR) is 92.7 cm³/mol. The third kappa shape index (κ3) is 5.67. The molecule has 0 atom stereocenters. The van der Waals surface area contributed by atoms with E-state index in [2.05, 4.69) is 15.8 Å². The first-order valence-corrected chi connectivity index (χ1v) is 7.68. The molecule has 120 valence electrons. The molecule has 0 fully saturated rings. The molecule has 0 spiro atoms. The minimum absolute atomic E-state index is 0.255. The van der Waals surface area contributed by atoms with Crippen LogP contribution in [0.25, 0.3) is 0 Å². The van der Waals surface area contributed by atoms with Crippen LogP contribution in [0, 0.1) is 5.82 Å². The number of hydrogen-bond acceptors (Lipinski definition) is 2. The summed E-state index contributed by atoms with van der Waals surface area (Å²) in [4.78, 5) is 0. The van der Waals surface area contributed by atoms with Crippen molar-refractivity contribution in [2.24, 2.45) is 0 Å². The van der Waals surface area contributed by atoms with Crippen LogP contribution in [-0.4, -0.2) is 17.9 Å². The molecule has 2 rings (SSSR count). The topological polar surface area (TPSA) is 47.3 Å². The number of hydrazone groups is 1. The van der Waals surface area contributed by atoms with Crippen LogP contribution in [0.2, 0.25) is 0 Å². The van der Waals surface area contributed by atoms with E-state index >= 15 is 0 Å². The minimum Gasteiger partial charge on any atom is -0.488 e. The summed E-state index contributed by atoms with van der Waals surface area (Å²) < 4.78 is 18.7. The van der Waals surface area contributed by atoms with E-state index in [9.17, 15) is 4.39 Å².